The first-order chi connectivity index (χ1) is 11.2. The third-order valence-corrected chi connectivity index (χ3v) is 4.07. The van der Waals surface area contributed by atoms with Crippen LogP contribution >= 0.6 is 0 Å². The Morgan fingerprint density at radius 2 is 1.70 bits per heavy atom. The lowest BCUT2D eigenvalue weighted by atomic mass is 10.0. The number of amides is 1. The third-order valence-electron chi connectivity index (χ3n) is 4.07. The summed E-state index contributed by atoms with van der Waals surface area (Å²) in [6.07, 6.45) is 0. The first-order valence-corrected chi connectivity index (χ1v) is 7.99. The molecule has 4 nitrogen and oxygen atoms in total. The van der Waals surface area contributed by atoms with Gasteiger partial charge in [-0.1, -0.05) is 48.0 Å². The Morgan fingerprint density at radius 1 is 1.04 bits per heavy atom. The predicted octanol–water partition coefficient (Wildman–Crippen LogP) is 3.01. The van der Waals surface area contributed by atoms with Gasteiger partial charge in [-0.3, -0.25) is 4.79 Å². The van der Waals surface area contributed by atoms with Crippen molar-refractivity contribution in [3.05, 3.63) is 65.7 Å². The van der Waals surface area contributed by atoms with E-state index in [1.54, 1.807) is 0 Å². The van der Waals surface area contributed by atoms with Crippen LogP contribution < -0.4 is 5.32 Å². The Labute approximate surface area is 137 Å². The highest BCUT2D eigenvalue weighted by molar-refractivity contribution is 5.86. The topological polar surface area (TPSA) is 41.6 Å². The lowest BCUT2D eigenvalue weighted by Gasteiger charge is -2.31. The van der Waals surface area contributed by atoms with Crippen molar-refractivity contribution in [2.75, 3.05) is 31.6 Å². The number of rotatable bonds is 4. The Hall–Kier alpha value is -2.33. The van der Waals surface area contributed by atoms with Gasteiger partial charge in [0.1, 0.15) is 6.04 Å². The maximum Gasteiger partial charge on any atom is 0.249 e. The number of hydrogen-bond acceptors (Lipinski definition) is 3. The SMILES string of the molecule is Cc1ccc(NC(C(=O)N2CCOCC2)c2ccccc2)cc1. The summed E-state index contributed by atoms with van der Waals surface area (Å²) in [4.78, 5) is 14.9. The maximum absolute atomic E-state index is 13.0. The van der Waals surface area contributed by atoms with E-state index in [0.717, 1.165) is 11.3 Å². The molecule has 0 radical (unpaired) electrons. The molecule has 120 valence electrons. The quantitative estimate of drug-likeness (QED) is 0.944. The van der Waals surface area contributed by atoms with Crippen molar-refractivity contribution in [3.63, 3.8) is 0 Å². The molecular formula is C19H22N2O2. The van der Waals surface area contributed by atoms with Crippen LogP contribution in [0.25, 0.3) is 0 Å². The van der Waals surface area contributed by atoms with Gasteiger partial charge in [0.25, 0.3) is 0 Å². The van der Waals surface area contributed by atoms with Gasteiger partial charge in [0, 0.05) is 18.8 Å². The highest BCUT2D eigenvalue weighted by Crippen LogP contribution is 2.22. The van der Waals surface area contributed by atoms with E-state index in [1.165, 1.54) is 5.56 Å². The van der Waals surface area contributed by atoms with E-state index in [-0.39, 0.29) is 11.9 Å². The Kier molecular flexibility index (Phi) is 4.93. The molecule has 0 bridgehead atoms. The minimum atomic E-state index is -0.378. The predicted molar refractivity (Wildman–Crippen MR) is 91.4 cm³/mol. The summed E-state index contributed by atoms with van der Waals surface area (Å²) in [5.41, 5.74) is 3.13. The standard InChI is InChI=1S/C19H22N2O2/c1-15-7-9-17(10-8-15)20-18(16-5-3-2-4-6-16)19(22)21-11-13-23-14-12-21/h2-10,18,20H,11-14H2,1H3. The molecule has 3 rings (SSSR count). The van der Waals surface area contributed by atoms with E-state index in [1.807, 2.05) is 59.5 Å². The molecule has 2 aromatic rings. The molecule has 1 aliphatic rings. The normalized spacial score (nSPS) is 16.0. The molecule has 1 unspecified atom stereocenters. The van der Waals surface area contributed by atoms with Gasteiger partial charge in [0.15, 0.2) is 0 Å². The molecule has 0 aliphatic carbocycles. The van der Waals surface area contributed by atoms with Crippen molar-refractivity contribution in [2.45, 2.75) is 13.0 Å². The van der Waals surface area contributed by atoms with Crippen LogP contribution in [-0.4, -0.2) is 37.1 Å². The molecule has 2 aromatic carbocycles. The van der Waals surface area contributed by atoms with E-state index >= 15 is 0 Å². The molecule has 1 aliphatic heterocycles. The highest BCUT2D eigenvalue weighted by Gasteiger charge is 2.27. The van der Waals surface area contributed by atoms with Gasteiger partial charge in [-0.25, -0.2) is 0 Å². The average molecular weight is 310 g/mol. The highest BCUT2D eigenvalue weighted by atomic mass is 16.5. The average Bonchev–Trinajstić information content (AvgIpc) is 2.62. The van der Waals surface area contributed by atoms with Crippen LogP contribution in [0.1, 0.15) is 17.2 Å². The second-order valence-corrected chi connectivity index (χ2v) is 5.79. The van der Waals surface area contributed by atoms with Gasteiger partial charge in [0.05, 0.1) is 13.2 Å². The molecule has 4 heteroatoms. The molecular weight excluding hydrogens is 288 g/mol. The van der Waals surface area contributed by atoms with Gasteiger partial charge >= 0.3 is 0 Å². The van der Waals surface area contributed by atoms with Crippen molar-refractivity contribution in [1.82, 2.24) is 4.90 Å². The molecule has 0 aromatic heterocycles. The zero-order chi connectivity index (χ0) is 16.1. The molecule has 0 spiro atoms. The second-order valence-electron chi connectivity index (χ2n) is 5.79. The molecule has 23 heavy (non-hydrogen) atoms. The van der Waals surface area contributed by atoms with E-state index in [0.29, 0.717) is 26.3 Å². The van der Waals surface area contributed by atoms with Crippen LogP contribution in [0, 0.1) is 6.92 Å². The maximum atomic E-state index is 13.0. The van der Waals surface area contributed by atoms with E-state index in [9.17, 15) is 4.79 Å². The zero-order valence-corrected chi connectivity index (χ0v) is 13.4. The fourth-order valence-electron chi connectivity index (χ4n) is 2.72. The van der Waals surface area contributed by atoms with Crippen molar-refractivity contribution < 1.29 is 9.53 Å². The summed E-state index contributed by atoms with van der Waals surface area (Å²) in [6, 6.07) is 17.6. The fourth-order valence-corrected chi connectivity index (χ4v) is 2.72. The molecule has 1 heterocycles. The Balaban J connectivity index is 1.84. The van der Waals surface area contributed by atoms with Crippen LogP contribution in [0.15, 0.2) is 54.6 Å². The summed E-state index contributed by atoms with van der Waals surface area (Å²) in [5, 5.41) is 3.39. The van der Waals surface area contributed by atoms with Crippen LogP contribution in [0.4, 0.5) is 5.69 Å². The van der Waals surface area contributed by atoms with Gasteiger partial charge in [-0.05, 0) is 24.6 Å². The number of morpholine rings is 1. The Bertz CT molecular complexity index is 634. The number of benzene rings is 2. The first kappa shape index (κ1) is 15.6. The summed E-state index contributed by atoms with van der Waals surface area (Å²) in [7, 11) is 0. The number of carbonyl (C=O) groups is 1. The fraction of sp³-hybridized carbons (Fsp3) is 0.316. The monoisotopic (exact) mass is 310 g/mol. The van der Waals surface area contributed by atoms with Gasteiger partial charge in [0.2, 0.25) is 5.91 Å². The summed E-state index contributed by atoms with van der Waals surface area (Å²) in [6.45, 7) is 4.57. The number of nitrogens with zero attached hydrogens (tertiary/aromatic N) is 1. The molecule has 1 amide bonds. The number of nitrogens with one attached hydrogen (secondary N) is 1. The van der Waals surface area contributed by atoms with Crippen molar-refractivity contribution in [1.29, 1.82) is 0 Å². The second kappa shape index (κ2) is 7.29. The molecule has 0 saturated carbocycles. The number of carbonyl (C=O) groups excluding carboxylic acids is 1. The molecule has 1 atom stereocenters. The molecule has 1 fully saturated rings. The number of aryl methyl sites for hydroxylation is 1. The number of ether oxygens (including phenoxy) is 1. The molecule has 1 N–H and O–H groups in total. The van der Waals surface area contributed by atoms with Crippen molar-refractivity contribution in [3.8, 4) is 0 Å². The third kappa shape index (κ3) is 3.90. The van der Waals surface area contributed by atoms with Crippen LogP contribution in [0.3, 0.4) is 0 Å². The van der Waals surface area contributed by atoms with Crippen LogP contribution in [0.2, 0.25) is 0 Å². The minimum Gasteiger partial charge on any atom is -0.378 e. The van der Waals surface area contributed by atoms with Crippen LogP contribution in [-0.2, 0) is 9.53 Å². The van der Waals surface area contributed by atoms with Gasteiger partial charge in [-0.2, -0.15) is 0 Å². The lowest BCUT2D eigenvalue weighted by Crippen LogP contribution is -2.44. The van der Waals surface area contributed by atoms with Gasteiger partial charge in [-0.15, -0.1) is 0 Å². The largest absolute Gasteiger partial charge is 0.378 e. The smallest absolute Gasteiger partial charge is 0.249 e. The number of anilines is 1. The lowest BCUT2D eigenvalue weighted by molar-refractivity contribution is -0.136. The molecule has 1 saturated heterocycles. The van der Waals surface area contributed by atoms with E-state index < -0.39 is 0 Å². The van der Waals surface area contributed by atoms with E-state index in [2.05, 4.69) is 12.2 Å². The Morgan fingerprint density at radius 3 is 2.35 bits per heavy atom. The first-order valence-electron chi connectivity index (χ1n) is 7.99. The summed E-state index contributed by atoms with van der Waals surface area (Å²) >= 11 is 0. The number of hydrogen-bond donors (Lipinski definition) is 1. The zero-order valence-electron chi connectivity index (χ0n) is 13.4. The van der Waals surface area contributed by atoms with E-state index in [4.69, 9.17) is 4.74 Å². The summed E-state index contributed by atoms with van der Waals surface area (Å²) < 4.78 is 5.35. The van der Waals surface area contributed by atoms with Crippen molar-refractivity contribution >= 4 is 11.6 Å². The summed E-state index contributed by atoms with van der Waals surface area (Å²) in [5.74, 6) is 0.0973. The van der Waals surface area contributed by atoms with Crippen molar-refractivity contribution in [2.24, 2.45) is 0 Å². The minimum absolute atomic E-state index is 0.0973. The van der Waals surface area contributed by atoms with Gasteiger partial charge < -0.3 is 15.0 Å². The van der Waals surface area contributed by atoms with Crippen LogP contribution in [0.5, 0.6) is 0 Å².